The second kappa shape index (κ2) is 2.81. The first-order valence-electron chi connectivity index (χ1n) is 2.54. The van der Waals surface area contributed by atoms with E-state index >= 15 is 0 Å². The Labute approximate surface area is 63.2 Å². The van der Waals surface area contributed by atoms with Crippen LogP contribution in [-0.4, -0.2) is 22.4 Å². The van der Waals surface area contributed by atoms with Crippen LogP contribution in [0.1, 0.15) is 0 Å². The lowest BCUT2D eigenvalue weighted by Crippen LogP contribution is -2.40. The van der Waals surface area contributed by atoms with Crippen molar-refractivity contribution in [1.82, 2.24) is 5.32 Å². The number of carbonyl (C=O) groups excluding carboxylic acids is 1. The smallest absolute Gasteiger partial charge is 0.236 e. The van der Waals surface area contributed by atoms with Gasteiger partial charge < -0.3 is 5.73 Å². The normalized spacial score (nSPS) is 34.8. The molecule has 0 spiro atoms. The SMILES string of the molecule is NC(=O)C1NCSC1S. The summed E-state index contributed by atoms with van der Waals surface area (Å²) in [4.78, 5) is 10.5. The van der Waals surface area contributed by atoms with Crippen LogP contribution in [0.5, 0.6) is 0 Å². The number of amides is 1. The van der Waals surface area contributed by atoms with Gasteiger partial charge in [-0.05, 0) is 0 Å². The first-order chi connectivity index (χ1) is 4.22. The molecular weight excluding hydrogens is 156 g/mol. The highest BCUT2D eigenvalue weighted by Gasteiger charge is 2.28. The molecule has 3 N–H and O–H groups in total. The summed E-state index contributed by atoms with van der Waals surface area (Å²) < 4.78 is 0.0301. The minimum absolute atomic E-state index is 0.0301. The van der Waals surface area contributed by atoms with Gasteiger partial charge in [-0.2, -0.15) is 12.6 Å². The molecule has 1 rings (SSSR count). The molecule has 52 valence electrons. The number of nitrogens with two attached hydrogens (primary N) is 1. The van der Waals surface area contributed by atoms with Crippen molar-refractivity contribution < 1.29 is 4.79 Å². The second-order valence-corrected chi connectivity index (χ2v) is 3.82. The molecule has 1 saturated heterocycles. The van der Waals surface area contributed by atoms with Crippen LogP contribution in [-0.2, 0) is 4.79 Å². The van der Waals surface area contributed by atoms with Gasteiger partial charge in [-0.15, -0.1) is 11.8 Å². The van der Waals surface area contributed by atoms with E-state index in [9.17, 15) is 4.79 Å². The van der Waals surface area contributed by atoms with Gasteiger partial charge in [-0.1, -0.05) is 0 Å². The van der Waals surface area contributed by atoms with Gasteiger partial charge in [-0.3, -0.25) is 10.1 Å². The maximum Gasteiger partial charge on any atom is 0.236 e. The Bertz CT molecular complexity index is 130. The van der Waals surface area contributed by atoms with Crippen molar-refractivity contribution in [2.45, 2.75) is 10.6 Å². The van der Waals surface area contributed by atoms with E-state index in [-0.39, 0.29) is 16.5 Å². The number of rotatable bonds is 1. The fraction of sp³-hybridized carbons (Fsp3) is 0.750. The van der Waals surface area contributed by atoms with Crippen LogP contribution in [0, 0.1) is 0 Å². The molecule has 5 heteroatoms. The van der Waals surface area contributed by atoms with Crippen molar-refractivity contribution in [3.05, 3.63) is 0 Å². The average Bonchev–Trinajstić information content (AvgIpc) is 2.13. The van der Waals surface area contributed by atoms with Gasteiger partial charge in [-0.25, -0.2) is 0 Å². The summed E-state index contributed by atoms with van der Waals surface area (Å²) in [5.74, 6) is 0.446. The van der Waals surface area contributed by atoms with Gasteiger partial charge in [0.25, 0.3) is 0 Å². The monoisotopic (exact) mass is 164 g/mol. The molecule has 3 nitrogen and oxygen atoms in total. The zero-order valence-corrected chi connectivity index (χ0v) is 6.41. The molecule has 0 aromatic heterocycles. The number of hydrogen-bond acceptors (Lipinski definition) is 4. The maximum absolute atomic E-state index is 10.5. The molecular formula is C4H8N2OS2. The number of thiol groups is 1. The minimum Gasteiger partial charge on any atom is -0.368 e. The first kappa shape index (κ1) is 7.24. The Morgan fingerprint density at radius 3 is 2.78 bits per heavy atom. The number of primary amides is 1. The Balaban J connectivity index is 2.49. The minimum atomic E-state index is -0.319. The molecule has 0 radical (unpaired) electrons. The summed E-state index contributed by atoms with van der Waals surface area (Å²) >= 11 is 5.71. The van der Waals surface area contributed by atoms with E-state index in [0.717, 1.165) is 5.88 Å². The van der Waals surface area contributed by atoms with Crippen LogP contribution in [0.2, 0.25) is 0 Å². The third-order valence-electron chi connectivity index (χ3n) is 1.15. The zero-order valence-electron chi connectivity index (χ0n) is 4.70. The molecule has 1 fully saturated rings. The summed E-state index contributed by atoms with van der Waals surface area (Å²) in [5.41, 5.74) is 5.02. The van der Waals surface area contributed by atoms with E-state index in [0.29, 0.717) is 0 Å². The van der Waals surface area contributed by atoms with Crippen LogP contribution >= 0.6 is 24.4 Å². The average molecular weight is 164 g/mol. The van der Waals surface area contributed by atoms with Crippen LogP contribution in [0.15, 0.2) is 0 Å². The highest BCUT2D eigenvalue weighted by molar-refractivity contribution is 8.10. The summed E-state index contributed by atoms with van der Waals surface area (Å²) in [5, 5.41) is 2.92. The molecule has 1 aliphatic heterocycles. The molecule has 1 aliphatic rings. The predicted molar refractivity (Wildman–Crippen MR) is 41.4 cm³/mol. The second-order valence-electron chi connectivity index (χ2n) is 1.79. The van der Waals surface area contributed by atoms with E-state index in [1.165, 1.54) is 0 Å². The molecule has 0 aliphatic carbocycles. The zero-order chi connectivity index (χ0) is 6.85. The van der Waals surface area contributed by atoms with E-state index in [2.05, 4.69) is 17.9 Å². The Morgan fingerprint density at radius 1 is 1.89 bits per heavy atom. The van der Waals surface area contributed by atoms with Gasteiger partial charge in [0, 0.05) is 5.88 Å². The Morgan fingerprint density at radius 2 is 2.56 bits per heavy atom. The topological polar surface area (TPSA) is 55.1 Å². The van der Waals surface area contributed by atoms with E-state index < -0.39 is 0 Å². The highest BCUT2D eigenvalue weighted by Crippen LogP contribution is 2.23. The van der Waals surface area contributed by atoms with Crippen molar-refractivity contribution in [3.63, 3.8) is 0 Å². The Kier molecular flexibility index (Phi) is 2.26. The quantitative estimate of drug-likeness (QED) is 0.453. The molecule has 0 bridgehead atoms. The van der Waals surface area contributed by atoms with Gasteiger partial charge in [0.15, 0.2) is 0 Å². The number of hydrogen-bond donors (Lipinski definition) is 3. The van der Waals surface area contributed by atoms with E-state index in [1.807, 2.05) is 0 Å². The maximum atomic E-state index is 10.5. The lowest BCUT2D eigenvalue weighted by atomic mass is 10.3. The summed E-state index contributed by atoms with van der Waals surface area (Å²) in [6.07, 6.45) is 0. The molecule has 0 aromatic rings. The van der Waals surface area contributed by atoms with Gasteiger partial charge >= 0.3 is 0 Å². The summed E-state index contributed by atoms with van der Waals surface area (Å²) in [6, 6.07) is -0.252. The molecule has 2 unspecified atom stereocenters. The van der Waals surface area contributed by atoms with Gasteiger partial charge in [0.2, 0.25) is 5.91 Å². The molecule has 0 aromatic carbocycles. The van der Waals surface area contributed by atoms with Crippen molar-refractivity contribution in [2.75, 3.05) is 5.88 Å². The third-order valence-corrected chi connectivity index (χ3v) is 2.84. The highest BCUT2D eigenvalue weighted by atomic mass is 32.2. The van der Waals surface area contributed by atoms with Crippen molar-refractivity contribution in [1.29, 1.82) is 0 Å². The molecule has 0 saturated carbocycles. The van der Waals surface area contributed by atoms with Crippen LogP contribution < -0.4 is 11.1 Å². The van der Waals surface area contributed by atoms with Crippen molar-refractivity contribution >= 4 is 30.3 Å². The van der Waals surface area contributed by atoms with Crippen LogP contribution in [0.25, 0.3) is 0 Å². The molecule has 2 atom stereocenters. The number of nitrogens with one attached hydrogen (secondary N) is 1. The third kappa shape index (κ3) is 1.53. The number of thioether (sulfide) groups is 1. The van der Waals surface area contributed by atoms with Crippen molar-refractivity contribution in [2.24, 2.45) is 5.73 Å². The van der Waals surface area contributed by atoms with Crippen LogP contribution in [0.4, 0.5) is 0 Å². The van der Waals surface area contributed by atoms with Crippen molar-refractivity contribution in [3.8, 4) is 0 Å². The fourth-order valence-corrected chi connectivity index (χ4v) is 2.01. The van der Waals surface area contributed by atoms with E-state index in [1.54, 1.807) is 11.8 Å². The molecule has 9 heavy (non-hydrogen) atoms. The lowest BCUT2D eigenvalue weighted by molar-refractivity contribution is -0.119. The Hall–Kier alpha value is 0.130. The largest absolute Gasteiger partial charge is 0.368 e. The standard InChI is InChI=1S/C4H8N2OS2/c5-3(7)2-4(8)9-1-6-2/h2,4,6,8H,1H2,(H2,5,7). The van der Waals surface area contributed by atoms with Gasteiger partial charge in [0.05, 0.1) is 4.58 Å². The predicted octanol–water partition coefficient (Wildman–Crippen LogP) is -0.610. The van der Waals surface area contributed by atoms with Crippen LogP contribution in [0.3, 0.4) is 0 Å². The van der Waals surface area contributed by atoms with E-state index in [4.69, 9.17) is 5.73 Å². The summed E-state index contributed by atoms with van der Waals surface area (Å²) in [6.45, 7) is 0. The molecule has 1 heterocycles. The van der Waals surface area contributed by atoms with Gasteiger partial charge in [0.1, 0.15) is 6.04 Å². The fourth-order valence-electron chi connectivity index (χ4n) is 0.661. The lowest BCUT2D eigenvalue weighted by Gasteiger charge is -2.07. The molecule has 1 amide bonds. The first-order valence-corrected chi connectivity index (χ1v) is 4.10. The summed E-state index contributed by atoms with van der Waals surface area (Å²) in [7, 11) is 0. The number of carbonyl (C=O) groups is 1.